The van der Waals surface area contributed by atoms with E-state index in [4.69, 9.17) is 10.2 Å². The fourth-order valence-electron chi connectivity index (χ4n) is 1.57. The van der Waals surface area contributed by atoms with E-state index >= 15 is 0 Å². The second kappa shape index (κ2) is 7.20. The minimum absolute atomic E-state index is 0.138. The van der Waals surface area contributed by atoms with E-state index in [9.17, 15) is 9.59 Å². The van der Waals surface area contributed by atoms with Crippen molar-refractivity contribution in [2.75, 3.05) is 19.7 Å². The molecule has 1 atom stereocenters. The first-order valence-corrected chi connectivity index (χ1v) is 6.13. The van der Waals surface area contributed by atoms with Gasteiger partial charge < -0.3 is 20.4 Å². The number of amides is 2. The van der Waals surface area contributed by atoms with E-state index in [-0.39, 0.29) is 13.2 Å². The molecule has 0 aromatic carbocycles. The third-order valence-corrected chi connectivity index (χ3v) is 2.53. The summed E-state index contributed by atoms with van der Waals surface area (Å²) in [5.74, 6) is -1.06. The minimum Gasteiger partial charge on any atom is -0.480 e. The molecular weight excluding hydrogens is 236 g/mol. The van der Waals surface area contributed by atoms with Gasteiger partial charge in [0.15, 0.2) is 0 Å². The highest BCUT2D eigenvalue weighted by atomic mass is 16.4. The zero-order chi connectivity index (χ0) is 14.3. The van der Waals surface area contributed by atoms with E-state index < -0.39 is 23.5 Å². The van der Waals surface area contributed by atoms with Crippen LogP contribution in [0.2, 0.25) is 0 Å². The maximum Gasteiger partial charge on any atom is 0.326 e. The third-order valence-electron chi connectivity index (χ3n) is 2.53. The van der Waals surface area contributed by atoms with Crippen molar-refractivity contribution in [3.05, 3.63) is 0 Å². The summed E-state index contributed by atoms with van der Waals surface area (Å²) in [5, 5.41) is 20.5. The number of aliphatic hydroxyl groups is 1. The van der Waals surface area contributed by atoms with Gasteiger partial charge in [0.05, 0.1) is 6.61 Å². The zero-order valence-corrected chi connectivity index (χ0v) is 11.6. The van der Waals surface area contributed by atoms with Crippen molar-refractivity contribution in [2.45, 2.75) is 40.2 Å². The number of carbonyl (C=O) groups excluding carboxylic acids is 1. The normalized spacial score (nSPS) is 12.9. The van der Waals surface area contributed by atoms with E-state index in [2.05, 4.69) is 5.32 Å². The van der Waals surface area contributed by atoms with Gasteiger partial charge in [-0.15, -0.1) is 0 Å². The molecule has 6 nitrogen and oxygen atoms in total. The lowest BCUT2D eigenvalue weighted by molar-refractivity contribution is -0.142. The van der Waals surface area contributed by atoms with Gasteiger partial charge >= 0.3 is 12.0 Å². The Hall–Kier alpha value is -1.30. The summed E-state index contributed by atoms with van der Waals surface area (Å²) < 4.78 is 0. The lowest BCUT2D eigenvalue weighted by Crippen LogP contribution is -2.53. The average Bonchev–Trinajstić information content (AvgIpc) is 2.23. The molecule has 1 unspecified atom stereocenters. The quantitative estimate of drug-likeness (QED) is 0.662. The summed E-state index contributed by atoms with van der Waals surface area (Å²) in [5.41, 5.74) is -0.571. The molecule has 0 rings (SSSR count). The molecule has 18 heavy (non-hydrogen) atoms. The SMILES string of the molecule is CCCN(CCO)C(=O)NC(C(=O)O)C(C)(C)C. The molecule has 0 aromatic rings. The van der Waals surface area contributed by atoms with Gasteiger partial charge in [-0.3, -0.25) is 0 Å². The average molecular weight is 260 g/mol. The molecule has 0 fully saturated rings. The van der Waals surface area contributed by atoms with Crippen LogP contribution in [-0.4, -0.2) is 52.9 Å². The molecule has 0 spiro atoms. The molecule has 0 aromatic heterocycles. The number of rotatable bonds is 6. The van der Waals surface area contributed by atoms with Gasteiger partial charge in [0, 0.05) is 13.1 Å². The Morgan fingerprint density at radius 3 is 2.17 bits per heavy atom. The molecule has 0 aliphatic carbocycles. The minimum atomic E-state index is -1.06. The number of nitrogens with zero attached hydrogens (tertiary/aromatic N) is 1. The largest absolute Gasteiger partial charge is 0.480 e. The Balaban J connectivity index is 4.71. The highest BCUT2D eigenvalue weighted by Crippen LogP contribution is 2.19. The first kappa shape index (κ1) is 16.7. The van der Waals surface area contributed by atoms with Crippen LogP contribution >= 0.6 is 0 Å². The number of nitrogens with one attached hydrogen (secondary N) is 1. The van der Waals surface area contributed by atoms with Crippen LogP contribution < -0.4 is 5.32 Å². The highest BCUT2D eigenvalue weighted by Gasteiger charge is 2.33. The van der Waals surface area contributed by atoms with Crippen molar-refractivity contribution in [1.82, 2.24) is 10.2 Å². The van der Waals surface area contributed by atoms with E-state index in [0.29, 0.717) is 6.54 Å². The van der Waals surface area contributed by atoms with Gasteiger partial charge in [-0.2, -0.15) is 0 Å². The first-order valence-electron chi connectivity index (χ1n) is 6.13. The molecular formula is C12H24N2O4. The van der Waals surface area contributed by atoms with Crippen LogP contribution in [0.5, 0.6) is 0 Å². The second-order valence-corrected chi connectivity index (χ2v) is 5.30. The third kappa shape index (κ3) is 5.35. The standard InChI is InChI=1S/C12H24N2O4/c1-5-6-14(7-8-15)11(18)13-9(10(16)17)12(2,3)4/h9,15H,5-8H2,1-4H3,(H,13,18)(H,16,17). The Morgan fingerprint density at radius 1 is 1.28 bits per heavy atom. The van der Waals surface area contributed by atoms with Gasteiger partial charge in [0.2, 0.25) is 0 Å². The van der Waals surface area contributed by atoms with Crippen molar-refractivity contribution in [1.29, 1.82) is 0 Å². The van der Waals surface area contributed by atoms with Crippen LogP contribution in [0.4, 0.5) is 4.79 Å². The molecule has 0 heterocycles. The Bertz CT molecular complexity index is 280. The predicted octanol–water partition coefficient (Wildman–Crippen LogP) is 0.900. The molecule has 2 amide bonds. The lowest BCUT2D eigenvalue weighted by atomic mass is 9.87. The first-order chi connectivity index (χ1) is 8.23. The summed E-state index contributed by atoms with van der Waals surface area (Å²) in [7, 11) is 0. The number of carbonyl (C=O) groups is 2. The summed E-state index contributed by atoms with van der Waals surface area (Å²) >= 11 is 0. The van der Waals surface area contributed by atoms with Crippen LogP contribution in [0.1, 0.15) is 34.1 Å². The zero-order valence-electron chi connectivity index (χ0n) is 11.6. The fraction of sp³-hybridized carbons (Fsp3) is 0.833. The van der Waals surface area contributed by atoms with E-state index in [0.717, 1.165) is 6.42 Å². The molecule has 0 bridgehead atoms. The van der Waals surface area contributed by atoms with Crippen molar-refractivity contribution in [2.24, 2.45) is 5.41 Å². The van der Waals surface area contributed by atoms with Crippen LogP contribution in [0.3, 0.4) is 0 Å². The van der Waals surface area contributed by atoms with E-state index in [1.165, 1.54) is 4.90 Å². The van der Waals surface area contributed by atoms with Gasteiger partial charge in [0.1, 0.15) is 6.04 Å². The fourth-order valence-corrected chi connectivity index (χ4v) is 1.57. The summed E-state index contributed by atoms with van der Waals surface area (Å²) in [6.07, 6.45) is 0.751. The molecule has 3 N–H and O–H groups in total. The van der Waals surface area contributed by atoms with Crippen LogP contribution in [0.25, 0.3) is 0 Å². The summed E-state index contributed by atoms with van der Waals surface area (Å²) in [6, 6.07) is -1.41. The molecule has 0 radical (unpaired) electrons. The smallest absolute Gasteiger partial charge is 0.326 e. The van der Waals surface area contributed by atoms with Crippen molar-refractivity contribution >= 4 is 12.0 Å². The number of aliphatic carboxylic acids is 1. The molecule has 0 aliphatic rings. The maximum atomic E-state index is 11.9. The Morgan fingerprint density at radius 2 is 1.83 bits per heavy atom. The van der Waals surface area contributed by atoms with Crippen molar-refractivity contribution in [3.8, 4) is 0 Å². The lowest BCUT2D eigenvalue weighted by Gasteiger charge is -2.30. The Labute approximate surface area is 108 Å². The summed E-state index contributed by atoms with van der Waals surface area (Å²) in [4.78, 5) is 24.5. The molecule has 106 valence electrons. The highest BCUT2D eigenvalue weighted by molar-refractivity contribution is 5.83. The van der Waals surface area contributed by atoms with Gasteiger partial charge in [-0.05, 0) is 11.8 Å². The van der Waals surface area contributed by atoms with Crippen molar-refractivity contribution < 1.29 is 19.8 Å². The van der Waals surface area contributed by atoms with Gasteiger partial charge in [0.25, 0.3) is 0 Å². The molecule has 0 aliphatic heterocycles. The topological polar surface area (TPSA) is 89.9 Å². The Kier molecular flexibility index (Phi) is 6.68. The number of hydrogen-bond donors (Lipinski definition) is 3. The number of carboxylic acids is 1. The number of hydrogen-bond acceptors (Lipinski definition) is 3. The molecule has 0 saturated carbocycles. The van der Waals surface area contributed by atoms with Crippen LogP contribution in [-0.2, 0) is 4.79 Å². The maximum absolute atomic E-state index is 11.9. The van der Waals surface area contributed by atoms with Gasteiger partial charge in [-0.25, -0.2) is 9.59 Å². The van der Waals surface area contributed by atoms with E-state index in [1.807, 2.05) is 6.92 Å². The monoisotopic (exact) mass is 260 g/mol. The number of urea groups is 1. The number of aliphatic hydroxyl groups excluding tert-OH is 1. The number of carboxylic acid groups (broad SMARTS) is 1. The molecule has 0 saturated heterocycles. The summed E-state index contributed by atoms with van der Waals surface area (Å²) in [6.45, 7) is 7.72. The molecule has 6 heteroatoms. The van der Waals surface area contributed by atoms with Crippen LogP contribution in [0, 0.1) is 5.41 Å². The van der Waals surface area contributed by atoms with Crippen LogP contribution in [0.15, 0.2) is 0 Å². The predicted molar refractivity (Wildman–Crippen MR) is 68.4 cm³/mol. The second-order valence-electron chi connectivity index (χ2n) is 5.30. The van der Waals surface area contributed by atoms with Crippen molar-refractivity contribution in [3.63, 3.8) is 0 Å². The van der Waals surface area contributed by atoms with Gasteiger partial charge in [-0.1, -0.05) is 27.7 Å². The van der Waals surface area contributed by atoms with E-state index in [1.54, 1.807) is 20.8 Å².